The first kappa shape index (κ1) is 10.2. The third-order valence-electron chi connectivity index (χ3n) is 3.36. The van der Waals surface area contributed by atoms with Crippen LogP contribution in [0.15, 0.2) is 24.3 Å². The Morgan fingerprint density at radius 1 is 1.27 bits per heavy atom. The summed E-state index contributed by atoms with van der Waals surface area (Å²) in [6, 6.07) is 8.06. The lowest BCUT2D eigenvalue weighted by atomic mass is 9.90. The molecule has 2 heteroatoms. The molecule has 0 radical (unpaired) electrons. The number of hydrogen-bond acceptors (Lipinski definition) is 2. The summed E-state index contributed by atoms with van der Waals surface area (Å²) in [5, 5.41) is 0. The number of carbonyl (C=O) groups is 1. The van der Waals surface area contributed by atoms with Crippen LogP contribution in [0.5, 0.6) is 5.75 Å². The van der Waals surface area contributed by atoms with Gasteiger partial charge in [0.25, 0.3) is 0 Å². The van der Waals surface area contributed by atoms with E-state index < -0.39 is 0 Å². The molecule has 1 aromatic rings. The largest absolute Gasteiger partial charge is 0.497 e. The minimum atomic E-state index is 0.179. The van der Waals surface area contributed by atoms with Crippen molar-refractivity contribution in [1.82, 2.24) is 0 Å². The highest BCUT2D eigenvalue weighted by atomic mass is 16.5. The lowest BCUT2D eigenvalue weighted by Crippen LogP contribution is -2.08. The van der Waals surface area contributed by atoms with Crippen LogP contribution in [-0.4, -0.2) is 12.9 Å². The summed E-state index contributed by atoms with van der Waals surface area (Å²) in [6.45, 7) is 2.03. The van der Waals surface area contributed by atoms with Gasteiger partial charge in [0.2, 0.25) is 0 Å². The van der Waals surface area contributed by atoms with Crippen LogP contribution >= 0.6 is 0 Å². The van der Waals surface area contributed by atoms with Crippen molar-refractivity contribution in [2.45, 2.75) is 25.7 Å². The van der Waals surface area contributed by atoms with Crippen LogP contribution in [-0.2, 0) is 4.79 Å². The molecule has 0 aromatic heterocycles. The highest BCUT2D eigenvalue weighted by Gasteiger charge is 2.31. The molecule has 80 valence electrons. The standard InChI is InChI=1S/C13H16O2/c1-9-12(7-8-13(9)14)10-3-5-11(15-2)6-4-10/h3-6,9,12H,7-8H2,1-2H3. The molecule has 1 aliphatic rings. The van der Waals surface area contributed by atoms with Crippen molar-refractivity contribution in [2.75, 3.05) is 7.11 Å². The molecule has 1 aromatic carbocycles. The number of hydrogen-bond donors (Lipinski definition) is 0. The Balaban J connectivity index is 2.19. The average molecular weight is 204 g/mol. The van der Waals surface area contributed by atoms with Gasteiger partial charge >= 0.3 is 0 Å². The van der Waals surface area contributed by atoms with E-state index >= 15 is 0 Å². The fourth-order valence-corrected chi connectivity index (χ4v) is 2.31. The SMILES string of the molecule is COc1ccc(C2CCC(=O)C2C)cc1. The zero-order valence-corrected chi connectivity index (χ0v) is 9.19. The summed E-state index contributed by atoms with van der Waals surface area (Å²) in [7, 11) is 1.66. The van der Waals surface area contributed by atoms with Crippen LogP contribution in [0.3, 0.4) is 0 Å². The molecular formula is C13H16O2. The summed E-state index contributed by atoms with van der Waals surface area (Å²) in [4.78, 5) is 11.5. The summed E-state index contributed by atoms with van der Waals surface area (Å²) < 4.78 is 5.11. The molecule has 0 saturated heterocycles. The van der Waals surface area contributed by atoms with Gasteiger partial charge in [-0.2, -0.15) is 0 Å². The summed E-state index contributed by atoms with van der Waals surface area (Å²) in [5.41, 5.74) is 1.26. The Labute approximate surface area is 90.3 Å². The summed E-state index contributed by atoms with van der Waals surface area (Å²) >= 11 is 0. The fourth-order valence-electron chi connectivity index (χ4n) is 2.31. The quantitative estimate of drug-likeness (QED) is 0.740. The van der Waals surface area contributed by atoms with Crippen LogP contribution < -0.4 is 4.74 Å². The maximum Gasteiger partial charge on any atom is 0.136 e. The smallest absolute Gasteiger partial charge is 0.136 e. The molecule has 0 amide bonds. The Morgan fingerprint density at radius 2 is 1.93 bits per heavy atom. The van der Waals surface area contributed by atoms with Gasteiger partial charge in [0, 0.05) is 12.3 Å². The summed E-state index contributed by atoms with van der Waals surface area (Å²) in [6.07, 6.45) is 1.73. The summed E-state index contributed by atoms with van der Waals surface area (Å²) in [5.74, 6) is 1.85. The minimum Gasteiger partial charge on any atom is -0.497 e. The maximum atomic E-state index is 11.5. The number of Topliss-reactive ketones (excluding diaryl/α,β-unsaturated/α-hetero) is 1. The highest BCUT2D eigenvalue weighted by Crippen LogP contribution is 2.37. The van der Waals surface area contributed by atoms with E-state index in [4.69, 9.17) is 4.74 Å². The van der Waals surface area contributed by atoms with Crippen molar-refractivity contribution < 1.29 is 9.53 Å². The zero-order valence-electron chi connectivity index (χ0n) is 9.19. The van der Waals surface area contributed by atoms with E-state index in [0.29, 0.717) is 11.7 Å². The Kier molecular flexibility index (Phi) is 2.76. The lowest BCUT2D eigenvalue weighted by Gasteiger charge is -2.14. The van der Waals surface area contributed by atoms with E-state index in [1.165, 1.54) is 5.56 Å². The number of ether oxygens (including phenoxy) is 1. The van der Waals surface area contributed by atoms with Crippen LogP contribution in [0.1, 0.15) is 31.2 Å². The van der Waals surface area contributed by atoms with Gasteiger partial charge < -0.3 is 4.74 Å². The Hall–Kier alpha value is -1.31. The molecule has 15 heavy (non-hydrogen) atoms. The van der Waals surface area contributed by atoms with E-state index in [1.54, 1.807) is 7.11 Å². The van der Waals surface area contributed by atoms with Crippen molar-refractivity contribution >= 4 is 5.78 Å². The predicted octanol–water partition coefficient (Wildman–Crippen LogP) is 2.78. The molecule has 0 aliphatic heterocycles. The van der Waals surface area contributed by atoms with Crippen molar-refractivity contribution in [1.29, 1.82) is 0 Å². The fraction of sp³-hybridized carbons (Fsp3) is 0.462. The molecular weight excluding hydrogens is 188 g/mol. The number of methoxy groups -OCH3 is 1. The second-order valence-corrected chi connectivity index (χ2v) is 4.17. The van der Waals surface area contributed by atoms with E-state index in [1.807, 2.05) is 19.1 Å². The van der Waals surface area contributed by atoms with Crippen molar-refractivity contribution in [3.8, 4) is 5.75 Å². The van der Waals surface area contributed by atoms with E-state index in [9.17, 15) is 4.79 Å². The van der Waals surface area contributed by atoms with Crippen LogP contribution in [0, 0.1) is 5.92 Å². The maximum absolute atomic E-state index is 11.5. The van der Waals surface area contributed by atoms with E-state index in [2.05, 4.69) is 12.1 Å². The molecule has 2 rings (SSSR count). The number of ketones is 1. The van der Waals surface area contributed by atoms with Gasteiger partial charge in [-0.05, 0) is 30.0 Å². The first-order valence-corrected chi connectivity index (χ1v) is 5.39. The van der Waals surface area contributed by atoms with Crippen LogP contribution in [0.4, 0.5) is 0 Å². The van der Waals surface area contributed by atoms with Crippen LogP contribution in [0.25, 0.3) is 0 Å². The second-order valence-electron chi connectivity index (χ2n) is 4.17. The van der Waals surface area contributed by atoms with E-state index in [-0.39, 0.29) is 5.92 Å². The number of benzene rings is 1. The van der Waals surface area contributed by atoms with Crippen molar-refractivity contribution in [2.24, 2.45) is 5.92 Å². The van der Waals surface area contributed by atoms with Crippen molar-refractivity contribution in [3.05, 3.63) is 29.8 Å². The van der Waals surface area contributed by atoms with E-state index in [0.717, 1.165) is 18.6 Å². The Morgan fingerprint density at radius 3 is 2.40 bits per heavy atom. The zero-order chi connectivity index (χ0) is 10.8. The van der Waals surface area contributed by atoms with Gasteiger partial charge in [0.05, 0.1) is 7.11 Å². The topological polar surface area (TPSA) is 26.3 Å². The van der Waals surface area contributed by atoms with Gasteiger partial charge in [-0.1, -0.05) is 19.1 Å². The minimum absolute atomic E-state index is 0.179. The van der Waals surface area contributed by atoms with Gasteiger partial charge in [0.15, 0.2) is 0 Å². The molecule has 2 nitrogen and oxygen atoms in total. The third-order valence-corrected chi connectivity index (χ3v) is 3.36. The molecule has 0 bridgehead atoms. The molecule has 1 fully saturated rings. The highest BCUT2D eigenvalue weighted by molar-refractivity contribution is 5.84. The van der Waals surface area contributed by atoms with Crippen molar-refractivity contribution in [3.63, 3.8) is 0 Å². The normalized spacial score (nSPS) is 25.6. The van der Waals surface area contributed by atoms with Gasteiger partial charge in [0.1, 0.15) is 11.5 Å². The predicted molar refractivity (Wildman–Crippen MR) is 59.1 cm³/mol. The molecule has 1 saturated carbocycles. The second kappa shape index (κ2) is 4.05. The molecule has 0 spiro atoms. The molecule has 0 heterocycles. The number of carbonyl (C=O) groups excluding carboxylic acids is 1. The third kappa shape index (κ3) is 1.89. The number of rotatable bonds is 2. The first-order valence-electron chi connectivity index (χ1n) is 5.39. The lowest BCUT2D eigenvalue weighted by molar-refractivity contribution is -0.120. The Bertz CT molecular complexity index is 353. The van der Waals surface area contributed by atoms with Gasteiger partial charge in [-0.3, -0.25) is 4.79 Å². The first-order chi connectivity index (χ1) is 7.22. The molecule has 2 atom stereocenters. The average Bonchev–Trinajstić information content (AvgIpc) is 2.60. The molecule has 1 aliphatic carbocycles. The van der Waals surface area contributed by atoms with Crippen LogP contribution in [0.2, 0.25) is 0 Å². The monoisotopic (exact) mass is 204 g/mol. The van der Waals surface area contributed by atoms with Gasteiger partial charge in [-0.25, -0.2) is 0 Å². The van der Waals surface area contributed by atoms with Gasteiger partial charge in [-0.15, -0.1) is 0 Å². The molecule has 2 unspecified atom stereocenters. The molecule has 0 N–H and O–H groups in total.